The second-order valence-electron chi connectivity index (χ2n) is 3.03. The maximum atomic E-state index is 10.8. The van der Waals surface area contributed by atoms with Gasteiger partial charge in [-0.1, -0.05) is 6.58 Å². The topological polar surface area (TPSA) is 80.7 Å². The lowest BCUT2D eigenvalue weighted by molar-refractivity contribution is -0.139. The van der Waals surface area contributed by atoms with Gasteiger partial charge in [-0.2, -0.15) is 8.42 Å². The molecular formula is C8H14O5S. The number of carbonyl (C=O) groups excluding carboxylic acids is 1. The number of ether oxygens (including phenoxy) is 1. The van der Waals surface area contributed by atoms with Gasteiger partial charge in [0.2, 0.25) is 0 Å². The molecule has 5 nitrogen and oxygen atoms in total. The minimum Gasteiger partial charge on any atom is -0.462 e. The first-order valence-electron chi connectivity index (χ1n) is 4.04. The SMILES string of the molecule is C=C(C)C(=O)OCCC(C)S(=O)(=O)O. The van der Waals surface area contributed by atoms with E-state index in [9.17, 15) is 13.2 Å². The summed E-state index contributed by atoms with van der Waals surface area (Å²) in [5, 5.41) is -0.930. The standard InChI is InChI=1S/C8H14O5S/c1-6(2)8(9)13-5-4-7(3)14(10,11)12/h7H,1,4-5H2,2-3H3,(H,10,11,12). The molecule has 0 saturated carbocycles. The van der Waals surface area contributed by atoms with Gasteiger partial charge in [0.05, 0.1) is 11.9 Å². The second kappa shape index (κ2) is 5.11. The van der Waals surface area contributed by atoms with Crippen molar-refractivity contribution >= 4 is 16.1 Å². The third-order valence-electron chi connectivity index (χ3n) is 1.61. The van der Waals surface area contributed by atoms with Gasteiger partial charge in [0.1, 0.15) is 0 Å². The van der Waals surface area contributed by atoms with Crippen molar-refractivity contribution in [1.82, 2.24) is 0 Å². The first-order chi connectivity index (χ1) is 6.25. The lowest BCUT2D eigenvalue weighted by Gasteiger charge is -2.08. The summed E-state index contributed by atoms with van der Waals surface area (Å²) in [6, 6.07) is 0. The molecule has 0 aromatic heterocycles. The Labute approximate surface area is 83.5 Å². The van der Waals surface area contributed by atoms with Gasteiger partial charge in [-0.05, 0) is 13.8 Å². The van der Waals surface area contributed by atoms with Crippen molar-refractivity contribution in [3.05, 3.63) is 12.2 Å². The summed E-state index contributed by atoms with van der Waals surface area (Å²) in [6.45, 7) is 6.14. The van der Waals surface area contributed by atoms with E-state index in [-0.39, 0.29) is 18.6 Å². The van der Waals surface area contributed by atoms with Crippen LogP contribution in [0.25, 0.3) is 0 Å². The van der Waals surface area contributed by atoms with Gasteiger partial charge < -0.3 is 4.74 Å². The van der Waals surface area contributed by atoms with Crippen LogP contribution >= 0.6 is 0 Å². The zero-order valence-electron chi connectivity index (χ0n) is 8.19. The van der Waals surface area contributed by atoms with E-state index >= 15 is 0 Å². The molecule has 0 fully saturated rings. The molecule has 0 aliphatic rings. The Bertz CT molecular complexity index is 317. The van der Waals surface area contributed by atoms with Crippen molar-refractivity contribution in [2.45, 2.75) is 25.5 Å². The summed E-state index contributed by atoms with van der Waals surface area (Å²) in [5.41, 5.74) is 0.254. The molecule has 14 heavy (non-hydrogen) atoms. The Balaban J connectivity index is 3.87. The average molecular weight is 222 g/mol. The van der Waals surface area contributed by atoms with E-state index < -0.39 is 21.3 Å². The summed E-state index contributed by atoms with van der Waals surface area (Å²) in [6.07, 6.45) is 0.0673. The molecule has 82 valence electrons. The van der Waals surface area contributed by atoms with Crippen molar-refractivity contribution in [2.24, 2.45) is 0 Å². The van der Waals surface area contributed by atoms with Gasteiger partial charge in [0, 0.05) is 12.0 Å². The largest absolute Gasteiger partial charge is 0.462 e. The van der Waals surface area contributed by atoms with Gasteiger partial charge in [-0.3, -0.25) is 4.55 Å². The number of hydrogen-bond acceptors (Lipinski definition) is 4. The van der Waals surface area contributed by atoms with Crippen molar-refractivity contribution < 1.29 is 22.5 Å². The molecule has 0 spiro atoms. The Kier molecular flexibility index (Phi) is 4.79. The number of esters is 1. The monoisotopic (exact) mass is 222 g/mol. The Morgan fingerprint density at radius 1 is 1.57 bits per heavy atom. The van der Waals surface area contributed by atoms with Gasteiger partial charge in [0.15, 0.2) is 0 Å². The van der Waals surface area contributed by atoms with Crippen LogP contribution in [-0.4, -0.2) is 30.8 Å². The fraction of sp³-hybridized carbons (Fsp3) is 0.625. The third-order valence-corrected chi connectivity index (χ3v) is 2.87. The highest BCUT2D eigenvalue weighted by Gasteiger charge is 2.17. The van der Waals surface area contributed by atoms with Gasteiger partial charge in [0.25, 0.3) is 10.1 Å². The molecule has 0 aliphatic heterocycles. The van der Waals surface area contributed by atoms with Crippen LogP contribution in [0.3, 0.4) is 0 Å². The molecule has 0 aromatic rings. The maximum Gasteiger partial charge on any atom is 0.333 e. The van der Waals surface area contributed by atoms with Crippen LogP contribution in [0.4, 0.5) is 0 Å². The van der Waals surface area contributed by atoms with Crippen LogP contribution in [0.2, 0.25) is 0 Å². The highest BCUT2D eigenvalue weighted by molar-refractivity contribution is 7.86. The maximum absolute atomic E-state index is 10.8. The molecule has 0 aromatic carbocycles. The molecule has 1 N–H and O–H groups in total. The lowest BCUT2D eigenvalue weighted by Crippen LogP contribution is -2.19. The zero-order valence-corrected chi connectivity index (χ0v) is 9.00. The molecule has 0 saturated heterocycles. The Morgan fingerprint density at radius 3 is 2.43 bits per heavy atom. The van der Waals surface area contributed by atoms with Gasteiger partial charge in [-0.15, -0.1) is 0 Å². The highest BCUT2D eigenvalue weighted by atomic mass is 32.2. The molecule has 0 heterocycles. The van der Waals surface area contributed by atoms with Crippen LogP contribution in [-0.2, 0) is 19.6 Å². The van der Waals surface area contributed by atoms with E-state index in [1.165, 1.54) is 13.8 Å². The molecule has 0 rings (SSSR count). The number of rotatable bonds is 5. The van der Waals surface area contributed by atoms with E-state index in [0.717, 1.165) is 0 Å². The molecule has 0 aliphatic carbocycles. The van der Waals surface area contributed by atoms with Crippen LogP contribution in [0.5, 0.6) is 0 Å². The molecule has 0 radical (unpaired) electrons. The van der Waals surface area contributed by atoms with E-state index in [1.54, 1.807) is 0 Å². The van der Waals surface area contributed by atoms with Gasteiger partial charge >= 0.3 is 5.97 Å². The normalized spacial score (nSPS) is 13.4. The van der Waals surface area contributed by atoms with Crippen molar-refractivity contribution in [2.75, 3.05) is 6.61 Å². The highest BCUT2D eigenvalue weighted by Crippen LogP contribution is 2.03. The van der Waals surface area contributed by atoms with Crippen LogP contribution in [0, 0.1) is 0 Å². The van der Waals surface area contributed by atoms with E-state index in [4.69, 9.17) is 4.55 Å². The fourth-order valence-electron chi connectivity index (χ4n) is 0.590. The lowest BCUT2D eigenvalue weighted by atomic mass is 10.3. The van der Waals surface area contributed by atoms with E-state index in [1.807, 2.05) is 0 Å². The van der Waals surface area contributed by atoms with Crippen molar-refractivity contribution in [3.63, 3.8) is 0 Å². The van der Waals surface area contributed by atoms with Crippen molar-refractivity contribution in [1.29, 1.82) is 0 Å². The molecule has 1 atom stereocenters. The average Bonchev–Trinajstić information content (AvgIpc) is 2.01. The number of carbonyl (C=O) groups is 1. The minimum atomic E-state index is -4.03. The Hall–Kier alpha value is -0.880. The molecule has 6 heteroatoms. The fourth-order valence-corrected chi connectivity index (χ4v) is 0.984. The van der Waals surface area contributed by atoms with Crippen LogP contribution in [0.15, 0.2) is 12.2 Å². The Morgan fingerprint density at radius 2 is 2.07 bits per heavy atom. The van der Waals surface area contributed by atoms with Gasteiger partial charge in [-0.25, -0.2) is 4.79 Å². The molecule has 1 unspecified atom stereocenters. The summed E-state index contributed by atoms with van der Waals surface area (Å²) in [4.78, 5) is 10.8. The predicted octanol–water partition coefficient (Wildman–Crippen LogP) is 0.772. The van der Waals surface area contributed by atoms with E-state index in [0.29, 0.717) is 0 Å². The second-order valence-corrected chi connectivity index (χ2v) is 4.87. The summed E-state index contributed by atoms with van der Waals surface area (Å²) in [7, 11) is -4.03. The van der Waals surface area contributed by atoms with E-state index in [2.05, 4.69) is 11.3 Å². The molecular weight excluding hydrogens is 208 g/mol. The van der Waals surface area contributed by atoms with Crippen LogP contribution < -0.4 is 0 Å². The van der Waals surface area contributed by atoms with Crippen molar-refractivity contribution in [3.8, 4) is 0 Å². The minimum absolute atomic E-state index is 0.0490. The summed E-state index contributed by atoms with van der Waals surface area (Å²) >= 11 is 0. The van der Waals surface area contributed by atoms with Crippen LogP contribution in [0.1, 0.15) is 20.3 Å². The smallest absolute Gasteiger partial charge is 0.333 e. The third kappa shape index (κ3) is 4.98. The summed E-state index contributed by atoms with van der Waals surface area (Å²) < 4.78 is 34.3. The first-order valence-corrected chi connectivity index (χ1v) is 5.54. The predicted molar refractivity (Wildman–Crippen MR) is 51.4 cm³/mol. The molecule has 0 bridgehead atoms. The zero-order chi connectivity index (χ0) is 11.4. The summed E-state index contributed by atoms with van der Waals surface area (Å²) in [5.74, 6) is -0.562. The quantitative estimate of drug-likeness (QED) is 0.422. The molecule has 0 amide bonds. The first kappa shape index (κ1) is 13.1. The number of hydrogen-bond donors (Lipinski definition) is 1.